The lowest BCUT2D eigenvalue weighted by molar-refractivity contribution is 0.164. The molecular weight excluding hydrogens is 504 g/mol. The maximum Gasteiger partial charge on any atom is 0.213 e. The van der Waals surface area contributed by atoms with E-state index in [0.717, 1.165) is 54.3 Å². The number of amidine groups is 1. The van der Waals surface area contributed by atoms with Crippen LogP contribution >= 0.6 is 12.8 Å². The predicted octanol–water partition coefficient (Wildman–Crippen LogP) is 7.26. The predicted molar refractivity (Wildman–Crippen MR) is 170 cm³/mol. The van der Waals surface area contributed by atoms with E-state index in [1.807, 2.05) is 23.4 Å². The number of anilines is 1. The van der Waals surface area contributed by atoms with Gasteiger partial charge in [0.25, 0.3) is 0 Å². The molecule has 1 fully saturated rings. The summed E-state index contributed by atoms with van der Waals surface area (Å²) in [6.45, 7) is 19.6. The number of piperidine rings is 1. The Kier molecular flexibility index (Phi) is 10.3. The molecule has 0 radical (unpaired) electrons. The molecule has 2 aliphatic rings. The van der Waals surface area contributed by atoms with E-state index < -0.39 is 6.29 Å². The van der Waals surface area contributed by atoms with Crippen LogP contribution in [-0.2, 0) is 5.41 Å². The van der Waals surface area contributed by atoms with E-state index in [-0.39, 0.29) is 22.5 Å². The number of rotatable bonds is 10. The van der Waals surface area contributed by atoms with Crippen molar-refractivity contribution in [3.63, 3.8) is 0 Å². The second-order valence-corrected chi connectivity index (χ2v) is 14.4. The molecular formula is C31H54N6OS. The van der Waals surface area contributed by atoms with Crippen LogP contribution in [0.4, 0.5) is 5.69 Å². The van der Waals surface area contributed by atoms with Gasteiger partial charge in [0.15, 0.2) is 0 Å². The van der Waals surface area contributed by atoms with Gasteiger partial charge in [0.05, 0.1) is 6.04 Å². The lowest BCUT2D eigenvalue weighted by Crippen LogP contribution is -2.59. The molecule has 0 spiro atoms. The summed E-state index contributed by atoms with van der Waals surface area (Å²) in [5, 5.41) is 21.6. The summed E-state index contributed by atoms with van der Waals surface area (Å²) in [6, 6.07) is 4.18. The molecule has 0 aromatic heterocycles. The highest BCUT2D eigenvalue weighted by molar-refractivity contribution is 7.78. The highest BCUT2D eigenvalue weighted by Crippen LogP contribution is 2.36. The average molecular weight is 559 g/mol. The standard InChI is InChI=1S/C31H54N6OS/c1-10-11-12-13-14-15-16-25-34-27(32-22-17-21(2)26(38)24(18-22)29(3,4)5)37(39)28(35-25)33-23-19-30(6,7)36-31(8,9)20-23/h17-18,23,27,32,36,38-39H,10-16,19-20H2,1-9H3,(H,33,34,35). The normalized spacial score (nSPS) is 22.5. The number of phenolic OH excluding ortho intramolecular Hbond substituents is 1. The summed E-state index contributed by atoms with van der Waals surface area (Å²) < 4.78 is 1.81. The monoisotopic (exact) mass is 558 g/mol. The van der Waals surface area contributed by atoms with Crippen LogP contribution in [0.3, 0.4) is 0 Å². The molecule has 3 rings (SSSR count). The van der Waals surface area contributed by atoms with Crippen molar-refractivity contribution in [1.29, 1.82) is 0 Å². The minimum absolute atomic E-state index is 0.00650. The van der Waals surface area contributed by atoms with Crippen LogP contribution in [0.15, 0.2) is 22.1 Å². The number of benzene rings is 1. The van der Waals surface area contributed by atoms with Gasteiger partial charge in [-0.1, -0.05) is 72.6 Å². The van der Waals surface area contributed by atoms with Gasteiger partial charge in [0, 0.05) is 28.7 Å². The summed E-state index contributed by atoms with van der Waals surface area (Å²) >= 11 is 4.89. The van der Waals surface area contributed by atoms with E-state index in [9.17, 15) is 5.11 Å². The third kappa shape index (κ3) is 9.04. The minimum atomic E-state index is -0.414. The molecule has 7 nitrogen and oxygen atoms in total. The van der Waals surface area contributed by atoms with E-state index in [2.05, 4.69) is 71.3 Å². The number of nitrogens with one attached hydrogen (secondary N) is 3. The van der Waals surface area contributed by atoms with Crippen molar-refractivity contribution in [3.05, 3.63) is 23.3 Å². The second kappa shape index (κ2) is 12.7. The molecule has 8 heteroatoms. The Morgan fingerprint density at radius 2 is 1.69 bits per heavy atom. The quantitative estimate of drug-likeness (QED) is 0.119. The number of hydrogen-bond donors (Lipinski definition) is 5. The number of unbranched alkanes of at least 4 members (excludes halogenated alkanes) is 5. The van der Waals surface area contributed by atoms with Gasteiger partial charge >= 0.3 is 0 Å². The van der Waals surface area contributed by atoms with Gasteiger partial charge in [-0.3, -0.25) is 0 Å². The highest BCUT2D eigenvalue weighted by Gasteiger charge is 2.38. The number of thiol groups is 1. The minimum Gasteiger partial charge on any atom is -0.507 e. The average Bonchev–Trinajstić information content (AvgIpc) is 2.78. The molecule has 0 amide bonds. The summed E-state index contributed by atoms with van der Waals surface area (Å²) in [7, 11) is 0. The molecule has 39 heavy (non-hydrogen) atoms. The fourth-order valence-electron chi connectivity index (χ4n) is 6.04. The number of guanidine groups is 1. The third-order valence-electron chi connectivity index (χ3n) is 7.63. The lowest BCUT2D eigenvalue weighted by atomic mass is 9.80. The van der Waals surface area contributed by atoms with E-state index in [1.165, 1.54) is 32.1 Å². The SMILES string of the molecule is CCCCCCCCC1=NC(Nc2cc(C)c(O)c(C(C)(C)C)c2)N(S)C(=NC2CC(C)(C)NC(C)(C)C2)N1. The molecule has 4 N–H and O–H groups in total. The molecule has 220 valence electrons. The first-order chi connectivity index (χ1) is 18.1. The zero-order chi connectivity index (χ0) is 29.0. The third-order valence-corrected chi connectivity index (χ3v) is 8.04. The molecule has 1 aromatic carbocycles. The lowest BCUT2D eigenvalue weighted by Gasteiger charge is -2.45. The van der Waals surface area contributed by atoms with Gasteiger partial charge in [0.1, 0.15) is 11.6 Å². The maximum atomic E-state index is 10.7. The molecule has 1 atom stereocenters. The summed E-state index contributed by atoms with van der Waals surface area (Å²) in [5.41, 5.74) is 2.49. The maximum absolute atomic E-state index is 10.7. The molecule has 0 aliphatic carbocycles. The van der Waals surface area contributed by atoms with Crippen molar-refractivity contribution in [3.8, 4) is 5.75 Å². The molecule has 1 saturated heterocycles. The smallest absolute Gasteiger partial charge is 0.213 e. The number of aliphatic imine (C=N–C) groups is 2. The Bertz CT molecular complexity index is 1030. The first-order valence-corrected chi connectivity index (χ1v) is 15.3. The summed E-state index contributed by atoms with van der Waals surface area (Å²) in [5.74, 6) is 2.05. The summed E-state index contributed by atoms with van der Waals surface area (Å²) in [4.78, 5) is 10.2. The van der Waals surface area contributed by atoms with Gasteiger partial charge in [0.2, 0.25) is 12.2 Å². The van der Waals surface area contributed by atoms with Crippen molar-refractivity contribution in [2.45, 2.75) is 149 Å². The van der Waals surface area contributed by atoms with Crippen LogP contribution in [0.25, 0.3) is 0 Å². The zero-order valence-corrected chi connectivity index (χ0v) is 26.8. The first-order valence-electron chi connectivity index (χ1n) is 14.9. The fraction of sp³-hybridized carbons (Fsp3) is 0.742. The number of aryl methyl sites for hydroxylation is 1. The Hall–Kier alpha value is -1.93. The largest absolute Gasteiger partial charge is 0.507 e. The topological polar surface area (TPSA) is 84.3 Å². The molecule has 2 aliphatic heterocycles. The molecule has 1 aromatic rings. The Morgan fingerprint density at radius 1 is 1.08 bits per heavy atom. The molecule has 0 saturated carbocycles. The van der Waals surface area contributed by atoms with Gasteiger partial charge < -0.3 is 21.1 Å². The second-order valence-electron chi connectivity index (χ2n) is 13.9. The van der Waals surface area contributed by atoms with Crippen molar-refractivity contribution < 1.29 is 5.11 Å². The van der Waals surface area contributed by atoms with Crippen molar-refractivity contribution >= 4 is 30.3 Å². The van der Waals surface area contributed by atoms with Crippen molar-refractivity contribution in [1.82, 2.24) is 14.9 Å². The first kappa shape index (κ1) is 31.6. The fourth-order valence-corrected chi connectivity index (χ4v) is 6.25. The van der Waals surface area contributed by atoms with Crippen LogP contribution < -0.4 is 16.0 Å². The van der Waals surface area contributed by atoms with Crippen molar-refractivity contribution in [2.24, 2.45) is 9.98 Å². The Labute approximate surface area is 243 Å². The highest BCUT2D eigenvalue weighted by atomic mass is 32.1. The van der Waals surface area contributed by atoms with Gasteiger partial charge in [-0.2, -0.15) is 0 Å². The molecule has 1 unspecified atom stereocenters. The van der Waals surface area contributed by atoms with E-state index in [4.69, 9.17) is 22.8 Å². The van der Waals surface area contributed by atoms with E-state index in [1.54, 1.807) is 0 Å². The van der Waals surface area contributed by atoms with Crippen molar-refractivity contribution in [2.75, 3.05) is 5.32 Å². The van der Waals surface area contributed by atoms with Crippen LogP contribution in [0.2, 0.25) is 0 Å². The molecule has 2 heterocycles. The van der Waals surface area contributed by atoms with Gasteiger partial charge in [-0.25, -0.2) is 14.3 Å². The number of nitrogens with zero attached hydrogens (tertiary/aromatic N) is 3. The number of phenols is 1. The number of hydrogen-bond acceptors (Lipinski definition) is 6. The van der Waals surface area contributed by atoms with Gasteiger partial charge in [-0.15, -0.1) is 0 Å². The number of aromatic hydroxyl groups is 1. The van der Waals surface area contributed by atoms with Gasteiger partial charge in [-0.05, 0) is 77.0 Å². The Morgan fingerprint density at radius 3 is 2.31 bits per heavy atom. The Balaban J connectivity index is 1.87. The zero-order valence-electron chi connectivity index (χ0n) is 25.9. The van der Waals surface area contributed by atoms with Crippen LogP contribution in [-0.4, -0.2) is 44.6 Å². The van der Waals surface area contributed by atoms with Crippen LogP contribution in [0.5, 0.6) is 5.75 Å². The van der Waals surface area contributed by atoms with E-state index >= 15 is 0 Å². The van der Waals surface area contributed by atoms with E-state index in [0.29, 0.717) is 5.75 Å². The van der Waals surface area contributed by atoms with Crippen LogP contribution in [0.1, 0.15) is 124 Å². The van der Waals surface area contributed by atoms with Crippen LogP contribution in [0, 0.1) is 6.92 Å². The molecule has 0 bridgehead atoms. The summed E-state index contributed by atoms with van der Waals surface area (Å²) in [6.07, 6.45) is 9.83.